The van der Waals surface area contributed by atoms with E-state index in [2.05, 4.69) is 60.8 Å². The third-order valence-electron chi connectivity index (χ3n) is 4.74. The molecule has 23 heavy (non-hydrogen) atoms. The second-order valence-electron chi connectivity index (χ2n) is 6.31. The van der Waals surface area contributed by atoms with Gasteiger partial charge in [-0.25, -0.2) is 0 Å². The Morgan fingerprint density at radius 3 is 2.39 bits per heavy atom. The van der Waals surface area contributed by atoms with E-state index in [9.17, 15) is 0 Å². The van der Waals surface area contributed by atoms with Crippen LogP contribution >= 0.6 is 0 Å². The molecule has 1 fully saturated rings. The summed E-state index contributed by atoms with van der Waals surface area (Å²) in [7, 11) is 0. The standard InChI is InChI=1S/C21H21NSe/c1-3-9-16(10-4-1)20-21(23-18-12-5-2-6-13-18)19-14-8-7-11-17(19)15-22-20/h2,5-8,11-16H,1,3-4,9-10H2. The molecule has 1 aliphatic carbocycles. The summed E-state index contributed by atoms with van der Waals surface area (Å²) in [6, 6.07) is 19.7. The van der Waals surface area contributed by atoms with Gasteiger partial charge < -0.3 is 0 Å². The second kappa shape index (κ2) is 6.86. The molecule has 116 valence electrons. The van der Waals surface area contributed by atoms with Crippen LogP contribution in [0.4, 0.5) is 0 Å². The zero-order valence-corrected chi connectivity index (χ0v) is 15.0. The third kappa shape index (κ3) is 3.20. The van der Waals surface area contributed by atoms with Crippen molar-refractivity contribution in [3.8, 4) is 0 Å². The average molecular weight is 366 g/mol. The predicted octanol–water partition coefficient (Wildman–Crippen LogP) is 3.94. The number of nitrogens with zero attached hydrogens (tertiary/aromatic N) is 1. The second-order valence-corrected chi connectivity index (χ2v) is 8.58. The molecule has 0 saturated heterocycles. The van der Waals surface area contributed by atoms with Crippen molar-refractivity contribution in [2.75, 3.05) is 0 Å². The number of benzene rings is 2. The number of hydrogen-bond donors (Lipinski definition) is 0. The first-order valence-corrected chi connectivity index (χ1v) is 10.2. The van der Waals surface area contributed by atoms with Crippen LogP contribution in [-0.4, -0.2) is 19.9 Å². The molecule has 4 rings (SSSR count). The quantitative estimate of drug-likeness (QED) is 0.640. The molecule has 0 radical (unpaired) electrons. The molecular weight excluding hydrogens is 345 g/mol. The molecule has 0 unspecified atom stereocenters. The van der Waals surface area contributed by atoms with E-state index in [1.54, 1.807) is 0 Å². The van der Waals surface area contributed by atoms with Crippen LogP contribution in [-0.2, 0) is 0 Å². The van der Waals surface area contributed by atoms with Gasteiger partial charge in [0.2, 0.25) is 0 Å². The minimum atomic E-state index is 0.321. The van der Waals surface area contributed by atoms with E-state index < -0.39 is 0 Å². The van der Waals surface area contributed by atoms with E-state index in [-0.39, 0.29) is 0 Å². The van der Waals surface area contributed by atoms with Crippen molar-refractivity contribution in [3.05, 3.63) is 66.5 Å². The van der Waals surface area contributed by atoms with Crippen molar-refractivity contribution in [3.63, 3.8) is 0 Å². The van der Waals surface area contributed by atoms with Gasteiger partial charge in [-0.15, -0.1) is 0 Å². The summed E-state index contributed by atoms with van der Waals surface area (Å²) in [6.07, 6.45) is 8.81. The fourth-order valence-electron chi connectivity index (χ4n) is 3.53. The van der Waals surface area contributed by atoms with Crippen LogP contribution in [0.2, 0.25) is 0 Å². The number of rotatable bonds is 3. The summed E-state index contributed by atoms with van der Waals surface area (Å²) >= 11 is 0.321. The molecule has 0 N–H and O–H groups in total. The summed E-state index contributed by atoms with van der Waals surface area (Å²) in [5.41, 5.74) is 1.38. The van der Waals surface area contributed by atoms with Gasteiger partial charge in [-0.05, 0) is 0 Å². The zero-order chi connectivity index (χ0) is 15.5. The Hall–Kier alpha value is -1.63. The van der Waals surface area contributed by atoms with Crippen molar-refractivity contribution in [2.45, 2.75) is 38.0 Å². The molecule has 1 aromatic heterocycles. The van der Waals surface area contributed by atoms with E-state index in [1.165, 1.54) is 57.5 Å². The van der Waals surface area contributed by atoms with Gasteiger partial charge in [0.25, 0.3) is 0 Å². The number of hydrogen-bond acceptors (Lipinski definition) is 1. The summed E-state index contributed by atoms with van der Waals surface area (Å²) < 4.78 is 2.95. The van der Waals surface area contributed by atoms with Crippen molar-refractivity contribution in [1.82, 2.24) is 4.98 Å². The average Bonchev–Trinajstić information content (AvgIpc) is 2.64. The van der Waals surface area contributed by atoms with Gasteiger partial charge in [0.15, 0.2) is 0 Å². The van der Waals surface area contributed by atoms with E-state index in [4.69, 9.17) is 4.98 Å². The number of aromatic nitrogens is 1. The van der Waals surface area contributed by atoms with E-state index in [1.807, 2.05) is 0 Å². The maximum atomic E-state index is 4.94. The first-order chi connectivity index (χ1) is 11.4. The van der Waals surface area contributed by atoms with Crippen LogP contribution in [0.5, 0.6) is 0 Å². The molecule has 0 atom stereocenters. The number of fused-ring (bicyclic) bond motifs is 1. The summed E-state index contributed by atoms with van der Waals surface area (Å²) in [5, 5.41) is 2.69. The molecule has 1 nitrogen and oxygen atoms in total. The Morgan fingerprint density at radius 1 is 0.826 bits per heavy atom. The van der Waals surface area contributed by atoms with Crippen LogP contribution < -0.4 is 8.92 Å². The Balaban J connectivity index is 1.82. The fourth-order valence-corrected chi connectivity index (χ4v) is 5.94. The molecular formula is C21H21NSe. The molecule has 2 aromatic carbocycles. The molecule has 0 bridgehead atoms. The Kier molecular flexibility index (Phi) is 4.46. The molecule has 2 heteroatoms. The molecule has 3 aromatic rings. The summed E-state index contributed by atoms with van der Waals surface area (Å²) in [4.78, 5) is 4.94. The van der Waals surface area contributed by atoms with Gasteiger partial charge in [0.05, 0.1) is 0 Å². The summed E-state index contributed by atoms with van der Waals surface area (Å²) in [6.45, 7) is 0. The first-order valence-electron chi connectivity index (χ1n) is 8.52. The zero-order valence-electron chi connectivity index (χ0n) is 13.2. The SMILES string of the molecule is c1ccc([Se]c2c(C3CCCCC3)ncc3ccccc23)cc1. The minimum absolute atomic E-state index is 0.321. The topological polar surface area (TPSA) is 12.9 Å². The Morgan fingerprint density at radius 2 is 1.57 bits per heavy atom. The van der Waals surface area contributed by atoms with E-state index >= 15 is 0 Å². The van der Waals surface area contributed by atoms with Gasteiger partial charge in [-0.1, -0.05) is 0 Å². The normalized spacial score (nSPS) is 15.8. The third-order valence-corrected chi connectivity index (χ3v) is 7.13. The Bertz CT molecular complexity index is 791. The molecule has 1 saturated carbocycles. The summed E-state index contributed by atoms with van der Waals surface area (Å²) in [5.74, 6) is 0.661. The maximum absolute atomic E-state index is 4.94. The van der Waals surface area contributed by atoms with Crippen LogP contribution in [0.25, 0.3) is 10.8 Å². The van der Waals surface area contributed by atoms with Crippen LogP contribution in [0.3, 0.4) is 0 Å². The number of pyridine rings is 1. The molecule has 1 heterocycles. The van der Waals surface area contributed by atoms with Crippen LogP contribution in [0, 0.1) is 0 Å². The monoisotopic (exact) mass is 367 g/mol. The van der Waals surface area contributed by atoms with Gasteiger partial charge in [0.1, 0.15) is 0 Å². The van der Waals surface area contributed by atoms with E-state index in [0.29, 0.717) is 20.9 Å². The van der Waals surface area contributed by atoms with Crippen molar-refractivity contribution < 1.29 is 0 Å². The Labute approximate surface area is 144 Å². The molecule has 1 aliphatic rings. The van der Waals surface area contributed by atoms with E-state index in [0.717, 1.165) is 0 Å². The van der Waals surface area contributed by atoms with Gasteiger partial charge in [0, 0.05) is 0 Å². The fraction of sp³-hybridized carbons (Fsp3) is 0.286. The van der Waals surface area contributed by atoms with Crippen LogP contribution in [0.15, 0.2) is 60.8 Å². The molecule has 0 spiro atoms. The first kappa shape index (κ1) is 14.9. The molecule has 0 aliphatic heterocycles. The van der Waals surface area contributed by atoms with Crippen LogP contribution in [0.1, 0.15) is 43.7 Å². The van der Waals surface area contributed by atoms with Crippen molar-refractivity contribution >= 4 is 34.7 Å². The van der Waals surface area contributed by atoms with Crippen molar-refractivity contribution in [2.24, 2.45) is 0 Å². The predicted molar refractivity (Wildman–Crippen MR) is 99.0 cm³/mol. The van der Waals surface area contributed by atoms with Crippen molar-refractivity contribution in [1.29, 1.82) is 0 Å². The molecule has 0 amide bonds. The van der Waals surface area contributed by atoms with Gasteiger partial charge in [-0.2, -0.15) is 0 Å². The van der Waals surface area contributed by atoms with Gasteiger partial charge in [-0.3, -0.25) is 0 Å². The van der Waals surface area contributed by atoms with Gasteiger partial charge >= 0.3 is 144 Å².